The Bertz CT molecular complexity index is 1770. The number of aromatic hydroxyl groups is 1. The highest BCUT2D eigenvalue weighted by Crippen LogP contribution is 2.43. The van der Waals surface area contributed by atoms with Crippen LogP contribution in [0.15, 0.2) is 30.3 Å². The van der Waals surface area contributed by atoms with E-state index in [-0.39, 0.29) is 45.0 Å². The number of hydrogen-bond donors (Lipinski definition) is 3. The van der Waals surface area contributed by atoms with Crippen LogP contribution in [-0.4, -0.2) is 103 Å². The Balaban J connectivity index is 1.42. The lowest BCUT2D eigenvalue weighted by Crippen LogP contribution is -2.42. The number of hydrogen-bond acceptors (Lipinski definition) is 11. The van der Waals surface area contributed by atoms with E-state index in [1.54, 1.807) is 18.2 Å². The van der Waals surface area contributed by atoms with Crippen molar-refractivity contribution < 1.29 is 33.7 Å². The van der Waals surface area contributed by atoms with Gasteiger partial charge in [0.2, 0.25) is 0 Å². The van der Waals surface area contributed by atoms with Crippen molar-refractivity contribution in [3.8, 4) is 5.75 Å². The summed E-state index contributed by atoms with van der Waals surface area (Å²) in [5.41, 5.74) is 1.68. The third-order valence-corrected chi connectivity index (χ3v) is 9.83. The topological polar surface area (TPSA) is 130 Å². The second-order valence-corrected chi connectivity index (χ2v) is 13.2. The van der Waals surface area contributed by atoms with Crippen molar-refractivity contribution in [3.63, 3.8) is 0 Å². The number of carbonyl (C=O) groups is 3. The van der Waals surface area contributed by atoms with Gasteiger partial charge >= 0.3 is 5.97 Å². The molecule has 47 heavy (non-hydrogen) atoms. The molecule has 2 heterocycles. The monoisotopic (exact) mass is 644 g/mol. The lowest BCUT2D eigenvalue weighted by atomic mass is 9.79. The summed E-state index contributed by atoms with van der Waals surface area (Å²) in [5.74, 6) is -1.77. The van der Waals surface area contributed by atoms with Crippen molar-refractivity contribution in [2.24, 2.45) is 0 Å². The van der Waals surface area contributed by atoms with Crippen LogP contribution in [0.3, 0.4) is 0 Å². The summed E-state index contributed by atoms with van der Waals surface area (Å²) >= 11 is 0. The first kappa shape index (κ1) is 32.9. The van der Waals surface area contributed by atoms with Gasteiger partial charge in [0.15, 0.2) is 11.6 Å². The predicted molar refractivity (Wildman–Crippen MR) is 180 cm³/mol. The standard InChI is InChI=1S/C36H44N4O7/c1-7-21-8-9-22-23(27(21)34(44)45-6)20-24-28(31(22)41)33(43)30-26(38-13-15-40-17-19-47-36(40,4)5)11-10-25(29(30)32(24)42)37-12-14-39-16-18-46-35(39,2)3/h8-11,20,37-38,41H,7,12-19H2,1-6H3. The highest BCUT2D eigenvalue weighted by Gasteiger charge is 2.39. The molecule has 0 bridgehead atoms. The first-order valence-corrected chi connectivity index (χ1v) is 16.3. The SMILES string of the molecule is CCc1ccc2c(O)c3c(cc2c1C(=O)OC)C(=O)c1c(NCCN2CCOC2(C)C)ccc(NCCN2CCOC2(C)C)c1C3=O. The van der Waals surface area contributed by atoms with Gasteiger partial charge in [-0.05, 0) is 57.9 Å². The van der Waals surface area contributed by atoms with Crippen LogP contribution in [0.25, 0.3) is 10.8 Å². The van der Waals surface area contributed by atoms with E-state index in [4.69, 9.17) is 14.2 Å². The van der Waals surface area contributed by atoms with E-state index >= 15 is 0 Å². The molecule has 0 aromatic heterocycles. The summed E-state index contributed by atoms with van der Waals surface area (Å²) < 4.78 is 16.8. The van der Waals surface area contributed by atoms with Crippen molar-refractivity contribution in [1.29, 1.82) is 0 Å². The Morgan fingerprint density at radius 2 is 1.40 bits per heavy atom. The van der Waals surface area contributed by atoms with E-state index in [1.165, 1.54) is 7.11 Å². The summed E-state index contributed by atoms with van der Waals surface area (Å²) in [7, 11) is 1.30. The zero-order valence-corrected chi connectivity index (χ0v) is 28.0. The van der Waals surface area contributed by atoms with E-state index in [0.717, 1.165) is 13.1 Å². The average molecular weight is 645 g/mol. The summed E-state index contributed by atoms with van der Waals surface area (Å²) in [4.78, 5) is 46.3. The third kappa shape index (κ3) is 5.75. The molecule has 3 aliphatic rings. The molecule has 11 heteroatoms. The van der Waals surface area contributed by atoms with Crippen molar-refractivity contribution in [3.05, 3.63) is 63.7 Å². The van der Waals surface area contributed by atoms with Crippen LogP contribution in [-0.2, 0) is 20.6 Å². The Morgan fingerprint density at radius 3 is 1.89 bits per heavy atom. The Kier molecular flexibility index (Phi) is 8.77. The maximum Gasteiger partial charge on any atom is 0.338 e. The molecule has 0 radical (unpaired) electrons. The maximum atomic E-state index is 14.5. The minimum absolute atomic E-state index is 0.0520. The second-order valence-electron chi connectivity index (χ2n) is 13.2. The summed E-state index contributed by atoms with van der Waals surface area (Å²) in [6.45, 7) is 15.3. The number of benzene rings is 3. The van der Waals surface area contributed by atoms with Gasteiger partial charge in [-0.1, -0.05) is 19.1 Å². The fourth-order valence-corrected chi connectivity index (χ4v) is 7.12. The number of ketones is 2. The number of phenols is 1. The molecule has 3 N–H and O–H groups in total. The number of nitrogens with zero attached hydrogens (tertiary/aromatic N) is 2. The molecule has 2 fully saturated rings. The summed E-state index contributed by atoms with van der Waals surface area (Å²) in [6.07, 6.45) is 0.538. The number of anilines is 2. The van der Waals surface area contributed by atoms with Gasteiger partial charge in [-0.15, -0.1) is 0 Å². The van der Waals surface area contributed by atoms with E-state index in [9.17, 15) is 19.5 Å². The lowest BCUT2D eigenvalue weighted by molar-refractivity contribution is -0.0484. The van der Waals surface area contributed by atoms with Crippen LogP contribution < -0.4 is 10.6 Å². The Hall–Kier alpha value is -4.03. The Labute approximate surface area is 275 Å². The minimum Gasteiger partial charge on any atom is -0.507 e. The number of methoxy groups -OCH3 is 1. The smallest absolute Gasteiger partial charge is 0.338 e. The molecule has 1 aliphatic carbocycles. The molecular weight excluding hydrogens is 600 g/mol. The quantitative estimate of drug-likeness (QED) is 0.209. The number of rotatable bonds is 10. The number of phenolic OH excluding ortho intramolecular Hbond substituents is 1. The number of esters is 1. The fraction of sp³-hybridized carbons (Fsp3) is 0.472. The maximum absolute atomic E-state index is 14.5. The van der Waals surface area contributed by atoms with Gasteiger partial charge in [0.1, 0.15) is 17.2 Å². The molecule has 0 amide bonds. The lowest BCUT2D eigenvalue weighted by Gasteiger charge is -2.31. The molecule has 0 spiro atoms. The molecule has 0 unspecified atom stereocenters. The zero-order valence-electron chi connectivity index (χ0n) is 28.0. The first-order valence-electron chi connectivity index (χ1n) is 16.3. The molecule has 2 aliphatic heterocycles. The van der Waals surface area contributed by atoms with Crippen LogP contribution in [0.2, 0.25) is 0 Å². The van der Waals surface area contributed by atoms with Crippen molar-refractivity contribution in [2.45, 2.75) is 52.5 Å². The highest BCUT2D eigenvalue weighted by atomic mass is 16.5. The van der Waals surface area contributed by atoms with Gasteiger partial charge in [0, 0.05) is 67.0 Å². The van der Waals surface area contributed by atoms with Crippen LogP contribution >= 0.6 is 0 Å². The third-order valence-electron chi connectivity index (χ3n) is 9.83. The van der Waals surface area contributed by atoms with Crippen molar-refractivity contribution in [1.82, 2.24) is 9.80 Å². The van der Waals surface area contributed by atoms with E-state index in [0.29, 0.717) is 73.5 Å². The largest absolute Gasteiger partial charge is 0.507 e. The van der Waals surface area contributed by atoms with Gasteiger partial charge in [-0.25, -0.2) is 4.79 Å². The second kappa shape index (κ2) is 12.5. The van der Waals surface area contributed by atoms with Gasteiger partial charge in [-0.2, -0.15) is 0 Å². The van der Waals surface area contributed by atoms with E-state index < -0.39 is 17.5 Å². The Morgan fingerprint density at radius 1 is 0.851 bits per heavy atom. The van der Waals surface area contributed by atoms with Gasteiger partial charge < -0.3 is 30.0 Å². The molecule has 0 saturated carbocycles. The molecule has 11 nitrogen and oxygen atoms in total. The predicted octanol–water partition coefficient (Wildman–Crippen LogP) is 4.63. The first-order chi connectivity index (χ1) is 22.4. The number of nitrogens with one attached hydrogen (secondary N) is 2. The highest BCUT2D eigenvalue weighted by molar-refractivity contribution is 6.34. The van der Waals surface area contributed by atoms with Crippen LogP contribution in [0.5, 0.6) is 5.75 Å². The molecule has 0 atom stereocenters. The molecule has 250 valence electrons. The van der Waals surface area contributed by atoms with Crippen molar-refractivity contribution >= 4 is 39.7 Å². The summed E-state index contributed by atoms with van der Waals surface area (Å²) in [6, 6.07) is 8.62. The van der Waals surface area contributed by atoms with Crippen molar-refractivity contribution in [2.75, 3.05) is 70.2 Å². The number of fused-ring (bicyclic) bond motifs is 3. The molecule has 3 aromatic rings. The minimum atomic E-state index is -0.573. The van der Waals surface area contributed by atoms with Crippen LogP contribution in [0.4, 0.5) is 11.4 Å². The van der Waals surface area contributed by atoms with Gasteiger partial charge in [0.25, 0.3) is 0 Å². The average Bonchev–Trinajstić information content (AvgIpc) is 3.57. The molecule has 6 rings (SSSR count). The number of carbonyl (C=O) groups excluding carboxylic acids is 3. The van der Waals surface area contributed by atoms with Crippen LogP contribution in [0.1, 0.15) is 82.4 Å². The molecule has 2 saturated heterocycles. The molecule has 3 aromatic carbocycles. The fourth-order valence-electron chi connectivity index (χ4n) is 7.12. The number of ether oxygens (including phenoxy) is 3. The summed E-state index contributed by atoms with van der Waals surface area (Å²) in [5, 5.41) is 19.1. The zero-order chi connectivity index (χ0) is 33.7. The number of aryl methyl sites for hydroxylation is 1. The van der Waals surface area contributed by atoms with Crippen LogP contribution in [0, 0.1) is 0 Å². The normalized spacial score (nSPS) is 18.8. The molecular formula is C36H44N4O7. The van der Waals surface area contributed by atoms with Gasteiger partial charge in [-0.3, -0.25) is 19.4 Å². The van der Waals surface area contributed by atoms with Gasteiger partial charge in [0.05, 0.1) is 42.6 Å². The van der Waals surface area contributed by atoms with E-state index in [1.807, 2.05) is 46.8 Å². The van der Waals surface area contributed by atoms with E-state index in [2.05, 4.69) is 20.4 Å².